The molecule has 0 spiro atoms. The van der Waals surface area contributed by atoms with Gasteiger partial charge in [0.15, 0.2) is 0 Å². The molecule has 0 saturated heterocycles. The summed E-state index contributed by atoms with van der Waals surface area (Å²) in [5.41, 5.74) is 2.28. The Morgan fingerprint density at radius 1 is 1.18 bits per heavy atom. The van der Waals surface area contributed by atoms with Crippen LogP contribution in [0.2, 0.25) is 0 Å². The third kappa shape index (κ3) is 3.28. The van der Waals surface area contributed by atoms with Crippen LogP contribution in [-0.2, 0) is 6.54 Å². The molecule has 4 heteroatoms. The highest BCUT2D eigenvalue weighted by Gasteiger charge is 1.99. The van der Waals surface area contributed by atoms with Crippen molar-refractivity contribution in [2.24, 2.45) is 0 Å². The van der Waals surface area contributed by atoms with E-state index in [0.29, 0.717) is 0 Å². The van der Waals surface area contributed by atoms with Crippen LogP contribution in [-0.4, -0.2) is 36.2 Å². The first-order valence-corrected chi connectivity index (χ1v) is 6.17. The maximum absolute atomic E-state index is 4.37. The number of nitrogens with one attached hydrogen (secondary N) is 2. The monoisotopic (exact) mass is 232 g/mol. The number of imidazole rings is 1. The zero-order chi connectivity index (χ0) is 11.9. The number of fused-ring (bicyclic) bond motifs is 1. The lowest BCUT2D eigenvalue weighted by molar-refractivity contribution is 0.580. The molecule has 0 aliphatic carbocycles. The molecule has 2 aromatic rings. The predicted octanol–water partition coefficient (Wildman–Crippen LogP) is 1.24. The first kappa shape index (κ1) is 12.1. The minimum atomic E-state index is 0.972. The van der Waals surface area contributed by atoms with Crippen LogP contribution in [0.15, 0.2) is 30.6 Å². The summed E-state index contributed by atoms with van der Waals surface area (Å²) in [7, 11) is 1.98. The van der Waals surface area contributed by atoms with Crippen molar-refractivity contribution in [2.45, 2.75) is 13.0 Å². The molecular formula is C13H20N4. The van der Waals surface area contributed by atoms with Gasteiger partial charge in [-0.15, -0.1) is 0 Å². The normalized spacial score (nSPS) is 11.1. The molecule has 0 fully saturated rings. The van der Waals surface area contributed by atoms with E-state index in [9.17, 15) is 0 Å². The summed E-state index contributed by atoms with van der Waals surface area (Å²) in [5, 5.41) is 6.58. The molecule has 0 aliphatic rings. The fourth-order valence-corrected chi connectivity index (χ4v) is 1.90. The van der Waals surface area contributed by atoms with E-state index in [-0.39, 0.29) is 0 Å². The highest BCUT2D eigenvalue weighted by Crippen LogP contribution is 2.10. The van der Waals surface area contributed by atoms with E-state index in [4.69, 9.17) is 0 Å². The lowest BCUT2D eigenvalue weighted by Crippen LogP contribution is -2.23. The summed E-state index contributed by atoms with van der Waals surface area (Å²) >= 11 is 0. The van der Waals surface area contributed by atoms with Crippen molar-refractivity contribution in [2.75, 3.05) is 26.7 Å². The van der Waals surface area contributed by atoms with Gasteiger partial charge in [-0.05, 0) is 38.7 Å². The van der Waals surface area contributed by atoms with Crippen molar-refractivity contribution in [3.8, 4) is 0 Å². The Morgan fingerprint density at radius 2 is 2.06 bits per heavy atom. The number of aromatic nitrogens is 2. The highest BCUT2D eigenvalue weighted by molar-refractivity contribution is 5.74. The van der Waals surface area contributed by atoms with Gasteiger partial charge in [0.1, 0.15) is 0 Å². The van der Waals surface area contributed by atoms with Crippen LogP contribution < -0.4 is 10.6 Å². The largest absolute Gasteiger partial charge is 0.329 e. The smallest absolute Gasteiger partial charge is 0.0958 e. The van der Waals surface area contributed by atoms with E-state index < -0.39 is 0 Å². The van der Waals surface area contributed by atoms with Crippen molar-refractivity contribution >= 4 is 11.0 Å². The van der Waals surface area contributed by atoms with Crippen molar-refractivity contribution in [1.29, 1.82) is 0 Å². The summed E-state index contributed by atoms with van der Waals surface area (Å²) in [5.74, 6) is 0. The number of para-hydroxylation sites is 2. The van der Waals surface area contributed by atoms with Crippen molar-refractivity contribution in [3.05, 3.63) is 30.6 Å². The first-order valence-electron chi connectivity index (χ1n) is 6.17. The topological polar surface area (TPSA) is 41.9 Å². The fourth-order valence-electron chi connectivity index (χ4n) is 1.90. The Morgan fingerprint density at radius 3 is 2.94 bits per heavy atom. The third-order valence-electron chi connectivity index (χ3n) is 2.84. The van der Waals surface area contributed by atoms with Crippen LogP contribution in [0.3, 0.4) is 0 Å². The van der Waals surface area contributed by atoms with Crippen LogP contribution in [0, 0.1) is 0 Å². The SMILES string of the molecule is CNCCCNCCn1cnc2ccccc21. The molecule has 4 nitrogen and oxygen atoms in total. The molecule has 2 rings (SSSR count). The van der Waals surface area contributed by atoms with E-state index in [1.807, 2.05) is 25.5 Å². The Balaban J connectivity index is 1.79. The number of hydrogen-bond donors (Lipinski definition) is 2. The summed E-state index contributed by atoms with van der Waals surface area (Å²) in [6, 6.07) is 8.24. The van der Waals surface area contributed by atoms with Gasteiger partial charge in [-0.25, -0.2) is 4.98 Å². The molecule has 1 heterocycles. The molecule has 0 aliphatic heterocycles. The molecule has 1 aromatic carbocycles. The number of benzene rings is 1. The molecule has 2 N–H and O–H groups in total. The van der Waals surface area contributed by atoms with E-state index in [0.717, 1.165) is 31.7 Å². The molecule has 17 heavy (non-hydrogen) atoms. The van der Waals surface area contributed by atoms with Gasteiger partial charge in [0.05, 0.1) is 17.4 Å². The zero-order valence-electron chi connectivity index (χ0n) is 10.3. The number of nitrogens with zero attached hydrogens (tertiary/aromatic N) is 2. The molecule has 0 radical (unpaired) electrons. The minimum absolute atomic E-state index is 0.972. The molecule has 1 aromatic heterocycles. The van der Waals surface area contributed by atoms with Crippen molar-refractivity contribution < 1.29 is 0 Å². The maximum atomic E-state index is 4.37. The first-order chi connectivity index (χ1) is 8.42. The lowest BCUT2D eigenvalue weighted by atomic mass is 10.3. The quantitative estimate of drug-likeness (QED) is 0.706. The predicted molar refractivity (Wildman–Crippen MR) is 71.1 cm³/mol. The lowest BCUT2D eigenvalue weighted by Gasteiger charge is -2.06. The fraction of sp³-hybridized carbons (Fsp3) is 0.462. The standard InChI is InChI=1S/C13H20N4/c1-14-7-4-8-15-9-10-17-11-16-12-5-2-3-6-13(12)17/h2-3,5-6,11,14-15H,4,7-10H2,1H3. The summed E-state index contributed by atoms with van der Waals surface area (Å²) in [6.45, 7) is 4.10. The van der Waals surface area contributed by atoms with Crippen LogP contribution >= 0.6 is 0 Å². The molecule has 92 valence electrons. The third-order valence-corrected chi connectivity index (χ3v) is 2.84. The van der Waals surface area contributed by atoms with Gasteiger partial charge >= 0.3 is 0 Å². The Labute approximate surface area is 102 Å². The van der Waals surface area contributed by atoms with E-state index in [1.54, 1.807) is 0 Å². The molecule has 0 atom stereocenters. The summed E-state index contributed by atoms with van der Waals surface area (Å²) < 4.78 is 2.19. The Hall–Kier alpha value is -1.39. The van der Waals surface area contributed by atoms with Gasteiger partial charge in [-0.1, -0.05) is 12.1 Å². The van der Waals surface area contributed by atoms with E-state index in [2.05, 4.69) is 32.3 Å². The van der Waals surface area contributed by atoms with E-state index >= 15 is 0 Å². The second-order valence-electron chi connectivity index (χ2n) is 4.13. The Bertz CT molecular complexity index is 449. The average Bonchev–Trinajstić information content (AvgIpc) is 2.77. The molecule has 0 saturated carbocycles. The van der Waals surface area contributed by atoms with E-state index in [1.165, 1.54) is 11.9 Å². The molecular weight excluding hydrogens is 212 g/mol. The zero-order valence-corrected chi connectivity index (χ0v) is 10.3. The number of rotatable bonds is 7. The van der Waals surface area contributed by atoms with Crippen LogP contribution in [0.25, 0.3) is 11.0 Å². The van der Waals surface area contributed by atoms with Crippen molar-refractivity contribution in [3.63, 3.8) is 0 Å². The molecule has 0 bridgehead atoms. The second kappa shape index (κ2) is 6.37. The van der Waals surface area contributed by atoms with Crippen LogP contribution in [0.1, 0.15) is 6.42 Å². The van der Waals surface area contributed by atoms with Gasteiger partial charge in [0, 0.05) is 13.1 Å². The van der Waals surface area contributed by atoms with Gasteiger partial charge in [0.2, 0.25) is 0 Å². The summed E-state index contributed by atoms with van der Waals surface area (Å²) in [6.07, 6.45) is 3.08. The Kier molecular flexibility index (Phi) is 4.53. The highest BCUT2D eigenvalue weighted by atomic mass is 15.1. The maximum Gasteiger partial charge on any atom is 0.0958 e. The molecule has 0 amide bonds. The number of hydrogen-bond acceptors (Lipinski definition) is 3. The van der Waals surface area contributed by atoms with Crippen LogP contribution in [0.5, 0.6) is 0 Å². The van der Waals surface area contributed by atoms with Crippen LogP contribution in [0.4, 0.5) is 0 Å². The van der Waals surface area contributed by atoms with Gasteiger partial charge in [0.25, 0.3) is 0 Å². The molecule has 0 unspecified atom stereocenters. The summed E-state index contributed by atoms with van der Waals surface area (Å²) in [4.78, 5) is 4.37. The van der Waals surface area contributed by atoms with Crippen molar-refractivity contribution in [1.82, 2.24) is 20.2 Å². The second-order valence-corrected chi connectivity index (χ2v) is 4.13. The van der Waals surface area contributed by atoms with Gasteiger partial charge in [-0.3, -0.25) is 0 Å². The average molecular weight is 232 g/mol. The minimum Gasteiger partial charge on any atom is -0.329 e. The van der Waals surface area contributed by atoms with Gasteiger partial charge in [-0.2, -0.15) is 0 Å². The van der Waals surface area contributed by atoms with Gasteiger partial charge < -0.3 is 15.2 Å².